The lowest BCUT2D eigenvalue weighted by molar-refractivity contribution is -0.134. The molecule has 176 valence electrons. The highest BCUT2D eigenvalue weighted by molar-refractivity contribution is 6.03. The van der Waals surface area contributed by atoms with Gasteiger partial charge < -0.3 is 14.5 Å². The molecule has 0 radical (unpaired) electrons. The average molecular weight is 464 g/mol. The number of amides is 2. The lowest BCUT2D eigenvalue weighted by atomic mass is 10.0. The highest BCUT2D eigenvalue weighted by atomic mass is 19.1. The normalized spacial score (nSPS) is 15.4. The maximum absolute atomic E-state index is 13.3. The second kappa shape index (κ2) is 10.3. The summed E-state index contributed by atoms with van der Waals surface area (Å²) in [6, 6.07) is 16.3. The molecule has 0 spiro atoms. The summed E-state index contributed by atoms with van der Waals surface area (Å²) in [7, 11) is 3.26. The average Bonchev–Trinajstić information content (AvgIpc) is 3.49. The molecule has 4 rings (SSSR count). The van der Waals surface area contributed by atoms with E-state index in [0.717, 1.165) is 17.0 Å². The predicted molar refractivity (Wildman–Crippen MR) is 125 cm³/mol. The molecule has 8 nitrogen and oxygen atoms in total. The number of ether oxygens (including phenoxy) is 1. The number of hydrogen-bond donors (Lipinski definition) is 1. The Morgan fingerprint density at radius 3 is 2.65 bits per heavy atom. The van der Waals surface area contributed by atoms with Crippen molar-refractivity contribution in [1.29, 1.82) is 0 Å². The van der Waals surface area contributed by atoms with Crippen molar-refractivity contribution in [3.05, 3.63) is 84.1 Å². The summed E-state index contributed by atoms with van der Waals surface area (Å²) in [6.45, 7) is -0.0796. The summed E-state index contributed by atoms with van der Waals surface area (Å²) in [5.74, 6) is 0.297. The van der Waals surface area contributed by atoms with E-state index in [9.17, 15) is 14.0 Å². The number of benzene rings is 2. The first-order valence-corrected chi connectivity index (χ1v) is 10.7. The van der Waals surface area contributed by atoms with Crippen LogP contribution in [0.15, 0.2) is 76.4 Å². The van der Waals surface area contributed by atoms with Crippen LogP contribution in [0.1, 0.15) is 23.8 Å². The van der Waals surface area contributed by atoms with Gasteiger partial charge in [0.25, 0.3) is 5.91 Å². The number of anilines is 1. The molecule has 1 atom stereocenters. The van der Waals surface area contributed by atoms with Crippen LogP contribution in [0.3, 0.4) is 0 Å². The van der Waals surface area contributed by atoms with E-state index >= 15 is 0 Å². The van der Waals surface area contributed by atoms with Crippen molar-refractivity contribution in [3.63, 3.8) is 0 Å². The Bertz CT molecular complexity index is 1180. The van der Waals surface area contributed by atoms with E-state index in [1.54, 1.807) is 37.5 Å². The molecule has 1 aliphatic rings. The highest BCUT2D eigenvalue weighted by Crippen LogP contribution is 2.33. The monoisotopic (exact) mass is 464 g/mol. The third kappa shape index (κ3) is 5.49. The van der Waals surface area contributed by atoms with Gasteiger partial charge in [0, 0.05) is 12.1 Å². The highest BCUT2D eigenvalue weighted by Gasteiger charge is 2.35. The Balaban J connectivity index is 1.44. The zero-order valence-electron chi connectivity index (χ0n) is 18.9. The summed E-state index contributed by atoms with van der Waals surface area (Å²) in [4.78, 5) is 27.1. The van der Waals surface area contributed by atoms with Gasteiger partial charge in [-0.3, -0.25) is 14.5 Å². The molecule has 1 aromatic heterocycles. The van der Waals surface area contributed by atoms with Crippen molar-refractivity contribution in [2.75, 3.05) is 32.6 Å². The first-order chi connectivity index (χ1) is 16.4. The van der Waals surface area contributed by atoms with Crippen LogP contribution in [0.2, 0.25) is 0 Å². The number of hydrogen-bond acceptors (Lipinski definition) is 6. The maximum Gasteiger partial charge on any atom is 0.257 e. The number of nitrogens with zero attached hydrogens (tertiary/aromatic N) is 3. The van der Waals surface area contributed by atoms with Gasteiger partial charge in [0.1, 0.15) is 23.4 Å². The second-order valence-electron chi connectivity index (χ2n) is 7.98. The number of nitrogens with one attached hydrogen (secondary N) is 1. The van der Waals surface area contributed by atoms with E-state index in [1.165, 1.54) is 23.2 Å². The van der Waals surface area contributed by atoms with Crippen molar-refractivity contribution >= 4 is 23.2 Å². The van der Waals surface area contributed by atoms with Gasteiger partial charge in [-0.1, -0.05) is 6.07 Å². The van der Waals surface area contributed by atoms with E-state index in [-0.39, 0.29) is 30.9 Å². The summed E-state index contributed by atoms with van der Waals surface area (Å²) >= 11 is 0. The minimum atomic E-state index is -0.440. The third-order valence-corrected chi connectivity index (χ3v) is 5.39. The van der Waals surface area contributed by atoms with Crippen LogP contribution < -0.4 is 10.1 Å². The predicted octanol–water partition coefficient (Wildman–Crippen LogP) is 3.68. The molecule has 9 heteroatoms. The van der Waals surface area contributed by atoms with E-state index in [4.69, 9.17) is 9.15 Å². The van der Waals surface area contributed by atoms with Gasteiger partial charge in [-0.2, -0.15) is 5.10 Å². The molecule has 2 aromatic carbocycles. The van der Waals surface area contributed by atoms with Crippen LogP contribution >= 0.6 is 0 Å². The number of halogens is 1. The summed E-state index contributed by atoms with van der Waals surface area (Å²) in [6.07, 6.45) is 2.06. The number of furan rings is 1. The van der Waals surface area contributed by atoms with Crippen molar-refractivity contribution in [3.8, 4) is 5.75 Å². The Labute approximate surface area is 196 Å². The van der Waals surface area contributed by atoms with Crippen LogP contribution in [0.25, 0.3) is 0 Å². The van der Waals surface area contributed by atoms with Gasteiger partial charge in [-0.15, -0.1) is 0 Å². The molecule has 1 N–H and O–H groups in total. The van der Waals surface area contributed by atoms with E-state index in [1.807, 2.05) is 30.3 Å². The van der Waals surface area contributed by atoms with Crippen LogP contribution in [0.5, 0.6) is 5.75 Å². The van der Waals surface area contributed by atoms with Gasteiger partial charge in [-0.05, 0) is 67.2 Å². The Hall–Kier alpha value is -3.98. The van der Waals surface area contributed by atoms with Crippen LogP contribution in [0.4, 0.5) is 10.1 Å². The molecule has 0 bridgehead atoms. The quantitative estimate of drug-likeness (QED) is 0.550. The number of likely N-dealkylation sites (N-methyl/N-ethyl adjacent to an activating group) is 1. The van der Waals surface area contributed by atoms with E-state index in [0.29, 0.717) is 17.9 Å². The largest absolute Gasteiger partial charge is 0.497 e. The van der Waals surface area contributed by atoms with Crippen molar-refractivity contribution in [2.45, 2.75) is 12.5 Å². The zero-order chi connectivity index (χ0) is 24.1. The van der Waals surface area contributed by atoms with Crippen LogP contribution in [0, 0.1) is 5.82 Å². The molecule has 34 heavy (non-hydrogen) atoms. The summed E-state index contributed by atoms with van der Waals surface area (Å²) in [5.41, 5.74) is 2.00. The molecule has 0 saturated heterocycles. The lowest BCUT2D eigenvalue weighted by Crippen LogP contribution is -2.39. The minimum absolute atomic E-state index is 0.0346. The Kier molecular flexibility index (Phi) is 7.03. The first kappa shape index (κ1) is 23.2. The lowest BCUT2D eigenvalue weighted by Gasteiger charge is -2.23. The second-order valence-corrected chi connectivity index (χ2v) is 7.98. The molecule has 1 aliphatic heterocycles. The van der Waals surface area contributed by atoms with Crippen molar-refractivity contribution in [1.82, 2.24) is 9.91 Å². The third-order valence-electron chi connectivity index (χ3n) is 5.39. The molecule has 2 heterocycles. The molecule has 3 aromatic rings. The number of carbonyl (C=O) groups is 2. The fourth-order valence-corrected chi connectivity index (χ4v) is 3.77. The van der Waals surface area contributed by atoms with Crippen molar-refractivity contribution < 1.29 is 23.1 Å². The van der Waals surface area contributed by atoms with E-state index in [2.05, 4.69) is 10.4 Å². The van der Waals surface area contributed by atoms with Crippen LogP contribution in [-0.2, 0) is 9.59 Å². The molecule has 0 aliphatic carbocycles. The number of carbonyl (C=O) groups excluding carboxylic acids is 2. The first-order valence-electron chi connectivity index (χ1n) is 10.7. The maximum atomic E-state index is 13.3. The standard InChI is InChI=1S/C25H25FN4O4/c1-29(15-24(31)27-19-6-3-5-18(26)13-19)16-25(32)30-22(23-7-4-12-34-23)14-21(28-30)17-8-10-20(33-2)11-9-17/h3-13,22H,14-16H2,1-2H3,(H,27,31)/t22-/m0/s1. The fraction of sp³-hybridized carbons (Fsp3) is 0.240. The number of hydrazone groups is 1. The van der Waals surface area contributed by atoms with Crippen molar-refractivity contribution in [2.24, 2.45) is 5.10 Å². The Morgan fingerprint density at radius 2 is 1.97 bits per heavy atom. The molecule has 0 unspecified atom stereocenters. The molecule has 0 fully saturated rings. The van der Waals surface area contributed by atoms with Gasteiger partial charge in [0.2, 0.25) is 5.91 Å². The minimum Gasteiger partial charge on any atom is -0.497 e. The SMILES string of the molecule is COc1ccc(C2=NN(C(=O)CN(C)CC(=O)Nc3cccc(F)c3)[C@H](c3ccco3)C2)cc1. The Morgan fingerprint density at radius 1 is 1.18 bits per heavy atom. The van der Waals surface area contributed by atoms with Gasteiger partial charge in [-0.25, -0.2) is 9.40 Å². The molecular formula is C25H25FN4O4. The molecular weight excluding hydrogens is 439 g/mol. The van der Waals surface area contributed by atoms with Crippen LogP contribution in [-0.4, -0.2) is 54.7 Å². The summed E-state index contributed by atoms with van der Waals surface area (Å²) in [5, 5.41) is 8.63. The van der Waals surface area contributed by atoms with Gasteiger partial charge >= 0.3 is 0 Å². The number of rotatable bonds is 8. The number of methoxy groups -OCH3 is 1. The topological polar surface area (TPSA) is 87.4 Å². The zero-order valence-corrected chi connectivity index (χ0v) is 18.9. The molecule has 0 saturated carbocycles. The van der Waals surface area contributed by atoms with Gasteiger partial charge in [0.15, 0.2) is 0 Å². The van der Waals surface area contributed by atoms with Gasteiger partial charge in [0.05, 0.1) is 32.2 Å². The smallest absolute Gasteiger partial charge is 0.257 e. The molecule has 2 amide bonds. The fourth-order valence-electron chi connectivity index (χ4n) is 3.77. The van der Waals surface area contributed by atoms with E-state index < -0.39 is 5.82 Å². The summed E-state index contributed by atoms with van der Waals surface area (Å²) < 4.78 is 24.1.